The summed E-state index contributed by atoms with van der Waals surface area (Å²) in [5, 5.41) is 9.73. The Morgan fingerprint density at radius 1 is 1.31 bits per heavy atom. The van der Waals surface area contributed by atoms with Crippen molar-refractivity contribution < 1.29 is 4.79 Å². The van der Waals surface area contributed by atoms with Crippen molar-refractivity contribution in [3.63, 3.8) is 0 Å². The van der Waals surface area contributed by atoms with Gasteiger partial charge < -0.3 is 15.5 Å². The van der Waals surface area contributed by atoms with E-state index in [0.29, 0.717) is 12.5 Å². The fourth-order valence-corrected chi connectivity index (χ4v) is 3.56. The minimum Gasteiger partial charge on any atom is -0.356 e. The molecule has 144 valence electrons. The van der Waals surface area contributed by atoms with Crippen LogP contribution in [-0.4, -0.2) is 48.9 Å². The standard InChI is InChI=1S/C17H25N5OS2.HI/c1-12-13(2)25-15(21-12)7-8-18-17(20-11-16(23)22(3)4)19-10-14-6-5-9-24-14;/h5-6,9H,7-8,10-11H2,1-4H3,(H2,18,19,20);1H. The van der Waals surface area contributed by atoms with Crippen LogP contribution in [0.25, 0.3) is 0 Å². The Balaban J connectivity index is 0.00000338. The number of hydrogen-bond donors (Lipinski definition) is 2. The normalized spacial score (nSPS) is 11.0. The molecule has 0 saturated carbocycles. The molecule has 0 aliphatic carbocycles. The van der Waals surface area contributed by atoms with Gasteiger partial charge in [-0.25, -0.2) is 9.98 Å². The molecule has 0 aliphatic heterocycles. The van der Waals surface area contributed by atoms with Crippen molar-refractivity contribution in [2.24, 2.45) is 4.99 Å². The van der Waals surface area contributed by atoms with Gasteiger partial charge in [0.05, 0.1) is 17.2 Å². The van der Waals surface area contributed by atoms with Gasteiger partial charge in [-0.05, 0) is 25.3 Å². The number of guanidine groups is 1. The number of aryl methyl sites for hydroxylation is 2. The number of carbonyl (C=O) groups excluding carboxylic acids is 1. The van der Waals surface area contributed by atoms with Crippen molar-refractivity contribution in [1.82, 2.24) is 20.5 Å². The SMILES string of the molecule is Cc1nc(CCNC(=NCC(=O)N(C)C)NCc2cccs2)sc1C.I. The van der Waals surface area contributed by atoms with Crippen LogP contribution in [0.2, 0.25) is 0 Å². The van der Waals surface area contributed by atoms with Gasteiger partial charge in [0.2, 0.25) is 5.91 Å². The maximum atomic E-state index is 11.8. The summed E-state index contributed by atoms with van der Waals surface area (Å²) in [6.45, 7) is 5.66. The van der Waals surface area contributed by atoms with Gasteiger partial charge >= 0.3 is 0 Å². The summed E-state index contributed by atoms with van der Waals surface area (Å²) in [7, 11) is 3.47. The molecule has 0 atom stereocenters. The Hall–Kier alpha value is -1.20. The lowest BCUT2D eigenvalue weighted by molar-refractivity contribution is -0.127. The summed E-state index contributed by atoms with van der Waals surface area (Å²) in [5.41, 5.74) is 1.10. The largest absolute Gasteiger partial charge is 0.356 e. The second-order valence-corrected chi connectivity index (χ2v) is 8.13. The van der Waals surface area contributed by atoms with E-state index < -0.39 is 0 Å². The Kier molecular flexibility index (Phi) is 10.1. The lowest BCUT2D eigenvalue weighted by Gasteiger charge is -2.13. The molecule has 26 heavy (non-hydrogen) atoms. The van der Waals surface area contributed by atoms with E-state index >= 15 is 0 Å². The van der Waals surface area contributed by atoms with Crippen molar-refractivity contribution in [3.05, 3.63) is 38.0 Å². The summed E-state index contributed by atoms with van der Waals surface area (Å²) < 4.78 is 0. The first kappa shape index (κ1) is 22.8. The fraction of sp³-hybridized carbons (Fsp3) is 0.471. The number of halogens is 1. The average molecular weight is 507 g/mol. The zero-order valence-corrected chi connectivity index (χ0v) is 19.5. The molecule has 0 bridgehead atoms. The molecule has 0 saturated heterocycles. The number of likely N-dealkylation sites (N-methyl/N-ethyl adjacent to an activating group) is 1. The molecule has 1 amide bonds. The monoisotopic (exact) mass is 507 g/mol. The van der Waals surface area contributed by atoms with E-state index in [1.54, 1.807) is 41.7 Å². The molecule has 2 N–H and O–H groups in total. The number of thiophene rings is 1. The number of thiazole rings is 1. The second kappa shape index (κ2) is 11.5. The number of nitrogens with one attached hydrogen (secondary N) is 2. The molecule has 2 aromatic rings. The van der Waals surface area contributed by atoms with Crippen LogP contribution in [0, 0.1) is 13.8 Å². The lowest BCUT2D eigenvalue weighted by Crippen LogP contribution is -2.39. The predicted octanol–water partition coefficient (Wildman–Crippen LogP) is 2.81. The number of carbonyl (C=O) groups is 1. The van der Waals surface area contributed by atoms with Crippen LogP contribution in [0.4, 0.5) is 0 Å². The first-order valence-electron chi connectivity index (χ1n) is 8.13. The highest BCUT2D eigenvalue weighted by atomic mass is 127. The van der Waals surface area contributed by atoms with Gasteiger partial charge in [0.15, 0.2) is 5.96 Å². The summed E-state index contributed by atoms with van der Waals surface area (Å²) in [5.74, 6) is 0.622. The van der Waals surface area contributed by atoms with Gasteiger partial charge in [-0.2, -0.15) is 0 Å². The fourth-order valence-electron chi connectivity index (χ4n) is 1.98. The van der Waals surface area contributed by atoms with Crippen LogP contribution in [-0.2, 0) is 17.8 Å². The summed E-state index contributed by atoms with van der Waals surface area (Å²) >= 11 is 3.42. The van der Waals surface area contributed by atoms with Crippen LogP contribution in [0.5, 0.6) is 0 Å². The minimum absolute atomic E-state index is 0. The van der Waals surface area contributed by atoms with Gasteiger partial charge in [-0.15, -0.1) is 46.7 Å². The number of hydrogen-bond acceptors (Lipinski definition) is 5. The van der Waals surface area contributed by atoms with Gasteiger partial charge in [0.1, 0.15) is 6.54 Å². The molecule has 2 aromatic heterocycles. The molecule has 9 heteroatoms. The van der Waals surface area contributed by atoms with Crippen LogP contribution < -0.4 is 10.6 Å². The molecular formula is C17H26IN5OS2. The molecule has 0 aromatic carbocycles. The smallest absolute Gasteiger partial charge is 0.243 e. The zero-order valence-electron chi connectivity index (χ0n) is 15.5. The highest BCUT2D eigenvalue weighted by molar-refractivity contribution is 14.0. The third-order valence-electron chi connectivity index (χ3n) is 3.59. The molecule has 6 nitrogen and oxygen atoms in total. The molecule has 0 fully saturated rings. The van der Waals surface area contributed by atoms with Crippen LogP contribution >= 0.6 is 46.7 Å². The highest BCUT2D eigenvalue weighted by Crippen LogP contribution is 2.16. The summed E-state index contributed by atoms with van der Waals surface area (Å²) in [6.07, 6.45) is 0.834. The zero-order chi connectivity index (χ0) is 18.2. The molecule has 2 rings (SSSR count). The average Bonchev–Trinajstić information content (AvgIpc) is 3.19. The maximum absolute atomic E-state index is 11.8. The van der Waals surface area contributed by atoms with Crippen molar-refractivity contribution in [1.29, 1.82) is 0 Å². The quantitative estimate of drug-likeness (QED) is 0.344. The third-order valence-corrected chi connectivity index (χ3v) is 5.59. The Morgan fingerprint density at radius 3 is 2.65 bits per heavy atom. The van der Waals surface area contributed by atoms with E-state index in [4.69, 9.17) is 0 Å². The maximum Gasteiger partial charge on any atom is 0.243 e. The van der Waals surface area contributed by atoms with E-state index in [1.165, 1.54) is 9.75 Å². The molecule has 0 radical (unpaired) electrons. The van der Waals surface area contributed by atoms with Crippen LogP contribution in [0.3, 0.4) is 0 Å². The minimum atomic E-state index is -0.0246. The van der Waals surface area contributed by atoms with Gasteiger partial charge in [0, 0.05) is 36.8 Å². The lowest BCUT2D eigenvalue weighted by atomic mass is 10.4. The Morgan fingerprint density at radius 2 is 2.08 bits per heavy atom. The predicted molar refractivity (Wildman–Crippen MR) is 121 cm³/mol. The molecule has 0 spiro atoms. The first-order chi connectivity index (χ1) is 12.0. The van der Waals surface area contributed by atoms with E-state index in [9.17, 15) is 4.79 Å². The van der Waals surface area contributed by atoms with Gasteiger partial charge in [-0.3, -0.25) is 4.79 Å². The van der Waals surface area contributed by atoms with Crippen molar-refractivity contribution >= 4 is 58.5 Å². The van der Waals surface area contributed by atoms with E-state index in [-0.39, 0.29) is 36.4 Å². The van der Waals surface area contributed by atoms with E-state index in [2.05, 4.69) is 33.6 Å². The second-order valence-electron chi connectivity index (χ2n) is 5.81. The number of aliphatic imine (C=N–C) groups is 1. The molecule has 0 aliphatic rings. The van der Waals surface area contributed by atoms with Gasteiger partial charge in [0.25, 0.3) is 0 Å². The molecule has 2 heterocycles. The van der Waals surface area contributed by atoms with Gasteiger partial charge in [-0.1, -0.05) is 6.07 Å². The van der Waals surface area contributed by atoms with E-state index in [0.717, 1.165) is 23.7 Å². The molecular weight excluding hydrogens is 481 g/mol. The number of amides is 1. The van der Waals surface area contributed by atoms with Crippen LogP contribution in [0.1, 0.15) is 20.5 Å². The van der Waals surface area contributed by atoms with E-state index in [1.807, 2.05) is 18.4 Å². The highest BCUT2D eigenvalue weighted by Gasteiger charge is 2.07. The number of nitrogens with zero attached hydrogens (tertiary/aromatic N) is 3. The van der Waals surface area contributed by atoms with Crippen LogP contribution in [0.15, 0.2) is 22.5 Å². The number of aromatic nitrogens is 1. The summed E-state index contributed by atoms with van der Waals surface area (Å²) in [4.78, 5) is 24.7. The topological polar surface area (TPSA) is 69.6 Å². The third kappa shape index (κ3) is 7.58. The van der Waals surface area contributed by atoms with Crippen molar-refractivity contribution in [2.45, 2.75) is 26.8 Å². The van der Waals surface area contributed by atoms with Crippen molar-refractivity contribution in [2.75, 3.05) is 27.2 Å². The first-order valence-corrected chi connectivity index (χ1v) is 9.83. The Bertz CT molecular complexity index is 693. The summed E-state index contributed by atoms with van der Waals surface area (Å²) in [6, 6.07) is 4.09. The Labute approximate surface area is 180 Å². The molecule has 0 unspecified atom stereocenters. The number of rotatable bonds is 7. The van der Waals surface area contributed by atoms with Crippen molar-refractivity contribution in [3.8, 4) is 0 Å².